The van der Waals surface area contributed by atoms with Crippen LogP contribution in [0.15, 0.2) is 29.2 Å². The smallest absolute Gasteiger partial charge is 0.132 e. The quantitative estimate of drug-likeness (QED) is 0.594. The van der Waals surface area contributed by atoms with Crippen LogP contribution < -0.4 is 4.74 Å². The van der Waals surface area contributed by atoms with E-state index in [0.717, 1.165) is 11.8 Å². The predicted molar refractivity (Wildman–Crippen MR) is 64.9 cm³/mol. The first-order valence-electron chi connectivity index (χ1n) is 4.04. The zero-order valence-electron chi connectivity index (χ0n) is 7.67. The molecule has 1 rings (SSSR count). The predicted octanol–water partition coefficient (Wildman–Crippen LogP) is 3.63. The molecule has 0 spiro atoms. The van der Waals surface area contributed by atoms with E-state index in [4.69, 9.17) is 27.9 Å². The SMILES string of the molecule is COc1ccc(S[Si]CC(Cl)Cl)cc1. The van der Waals surface area contributed by atoms with Gasteiger partial charge in [-0.25, -0.2) is 0 Å². The fourth-order valence-corrected chi connectivity index (χ4v) is 4.15. The third-order valence-corrected chi connectivity index (χ3v) is 5.18. The van der Waals surface area contributed by atoms with E-state index in [9.17, 15) is 0 Å². The molecule has 1 nitrogen and oxygen atoms in total. The van der Waals surface area contributed by atoms with Crippen LogP contribution in [0.25, 0.3) is 0 Å². The molecule has 2 radical (unpaired) electrons. The summed E-state index contributed by atoms with van der Waals surface area (Å²) in [6.07, 6.45) is 0. The number of halogens is 2. The first-order valence-corrected chi connectivity index (χ1v) is 7.66. The van der Waals surface area contributed by atoms with Crippen molar-refractivity contribution in [2.45, 2.75) is 15.8 Å². The number of hydrogen-bond acceptors (Lipinski definition) is 2. The molecular formula is C9H10Cl2OSSi. The van der Waals surface area contributed by atoms with Crippen molar-refractivity contribution in [3.05, 3.63) is 24.3 Å². The monoisotopic (exact) mass is 264 g/mol. The normalized spacial score (nSPS) is 10.6. The Kier molecular flexibility index (Phi) is 5.78. The number of methoxy groups -OCH3 is 1. The highest BCUT2D eigenvalue weighted by atomic mass is 35.5. The molecule has 1 aromatic rings. The third kappa shape index (κ3) is 4.60. The van der Waals surface area contributed by atoms with Crippen LogP contribution in [0, 0.1) is 0 Å². The highest BCUT2D eigenvalue weighted by Crippen LogP contribution is 2.22. The van der Waals surface area contributed by atoms with Crippen molar-refractivity contribution in [2.24, 2.45) is 0 Å². The van der Waals surface area contributed by atoms with E-state index < -0.39 is 0 Å². The van der Waals surface area contributed by atoms with Crippen LogP contribution in [-0.2, 0) is 0 Å². The Morgan fingerprint density at radius 1 is 1.36 bits per heavy atom. The topological polar surface area (TPSA) is 9.23 Å². The van der Waals surface area contributed by atoms with Crippen molar-refractivity contribution in [3.8, 4) is 5.75 Å². The number of ether oxygens (including phenoxy) is 1. The lowest BCUT2D eigenvalue weighted by Gasteiger charge is -2.02. The van der Waals surface area contributed by atoms with Gasteiger partial charge >= 0.3 is 0 Å². The maximum atomic E-state index is 5.63. The molecule has 0 heterocycles. The van der Waals surface area contributed by atoms with E-state index in [2.05, 4.69) is 0 Å². The highest BCUT2D eigenvalue weighted by molar-refractivity contribution is 8.22. The minimum atomic E-state index is -0.251. The van der Waals surface area contributed by atoms with E-state index in [1.165, 1.54) is 4.90 Å². The van der Waals surface area contributed by atoms with Gasteiger partial charge in [-0.05, 0) is 30.3 Å². The molecule has 0 aromatic heterocycles. The minimum Gasteiger partial charge on any atom is -0.497 e. The molecule has 76 valence electrons. The van der Waals surface area contributed by atoms with Crippen molar-refractivity contribution in [1.29, 1.82) is 0 Å². The van der Waals surface area contributed by atoms with Crippen LogP contribution in [0.3, 0.4) is 0 Å². The maximum Gasteiger partial charge on any atom is 0.132 e. The lowest BCUT2D eigenvalue weighted by Crippen LogP contribution is -1.91. The minimum absolute atomic E-state index is 0.251. The average Bonchev–Trinajstić information content (AvgIpc) is 2.18. The first-order chi connectivity index (χ1) is 6.72. The summed E-state index contributed by atoms with van der Waals surface area (Å²) in [5, 5.41) is 0. The van der Waals surface area contributed by atoms with Gasteiger partial charge in [-0.3, -0.25) is 0 Å². The Hall–Kier alpha value is 0.167. The van der Waals surface area contributed by atoms with Gasteiger partial charge in [-0.15, -0.1) is 23.2 Å². The van der Waals surface area contributed by atoms with Gasteiger partial charge < -0.3 is 4.74 Å². The summed E-state index contributed by atoms with van der Waals surface area (Å²) in [5.41, 5.74) is 0. The Morgan fingerprint density at radius 2 is 2.00 bits per heavy atom. The summed E-state index contributed by atoms with van der Waals surface area (Å²) in [6.45, 7) is 0. The van der Waals surface area contributed by atoms with Gasteiger partial charge in [0.1, 0.15) is 19.3 Å². The number of hydrogen-bond donors (Lipinski definition) is 0. The maximum absolute atomic E-state index is 5.63. The van der Waals surface area contributed by atoms with Crippen molar-refractivity contribution in [2.75, 3.05) is 7.11 Å². The molecule has 5 heteroatoms. The van der Waals surface area contributed by atoms with Gasteiger partial charge in [-0.1, -0.05) is 0 Å². The largest absolute Gasteiger partial charge is 0.497 e. The fraction of sp³-hybridized carbons (Fsp3) is 0.333. The van der Waals surface area contributed by atoms with E-state index in [1.54, 1.807) is 18.3 Å². The van der Waals surface area contributed by atoms with Crippen molar-refractivity contribution >= 4 is 43.1 Å². The van der Waals surface area contributed by atoms with Crippen molar-refractivity contribution in [3.63, 3.8) is 0 Å². The molecule has 0 aliphatic rings. The molecule has 0 atom stereocenters. The molecule has 0 bridgehead atoms. The highest BCUT2D eigenvalue weighted by Gasteiger charge is 2.01. The Labute approximate surface area is 101 Å². The Balaban J connectivity index is 2.36. The van der Waals surface area contributed by atoms with Gasteiger partial charge in [-0.2, -0.15) is 11.2 Å². The van der Waals surface area contributed by atoms with E-state index >= 15 is 0 Å². The number of rotatable bonds is 5. The second-order valence-corrected chi connectivity index (χ2v) is 6.65. The van der Waals surface area contributed by atoms with Gasteiger partial charge in [0.2, 0.25) is 0 Å². The van der Waals surface area contributed by atoms with Crippen LogP contribution in [0.2, 0.25) is 6.04 Å². The summed E-state index contributed by atoms with van der Waals surface area (Å²) in [7, 11) is 2.36. The third-order valence-electron chi connectivity index (χ3n) is 1.49. The van der Waals surface area contributed by atoms with E-state index in [-0.39, 0.29) is 4.84 Å². The zero-order chi connectivity index (χ0) is 10.4. The second-order valence-electron chi connectivity index (χ2n) is 2.52. The molecule has 0 aliphatic heterocycles. The Bertz CT molecular complexity index is 266. The summed E-state index contributed by atoms with van der Waals surface area (Å²) >= 11 is 13.0. The van der Waals surface area contributed by atoms with Crippen LogP contribution in [-0.4, -0.2) is 20.6 Å². The molecule has 0 saturated carbocycles. The average molecular weight is 265 g/mol. The standard InChI is InChI=1S/C9H10Cl2OSSi/c1-12-7-2-4-8(5-3-7)13-14-6-9(10)11/h2-5,9H,6H2,1H3. The molecule has 0 unspecified atom stereocenters. The molecule has 0 fully saturated rings. The lowest BCUT2D eigenvalue weighted by molar-refractivity contribution is 0.414. The van der Waals surface area contributed by atoms with Crippen LogP contribution in [0.4, 0.5) is 0 Å². The van der Waals surface area contributed by atoms with E-state index in [0.29, 0.717) is 8.67 Å². The van der Waals surface area contributed by atoms with Gasteiger partial charge in [0.25, 0.3) is 0 Å². The summed E-state index contributed by atoms with van der Waals surface area (Å²) in [4.78, 5) is 0.970. The second kappa shape index (κ2) is 6.61. The van der Waals surface area contributed by atoms with Gasteiger partial charge in [0.15, 0.2) is 0 Å². The van der Waals surface area contributed by atoms with Crippen LogP contribution >= 0.6 is 34.4 Å². The van der Waals surface area contributed by atoms with Crippen LogP contribution in [0.1, 0.15) is 0 Å². The number of benzene rings is 1. The fourth-order valence-electron chi connectivity index (χ4n) is 0.832. The summed E-state index contributed by atoms with van der Waals surface area (Å²) in [5.74, 6) is 0.880. The van der Waals surface area contributed by atoms with Crippen molar-refractivity contribution in [1.82, 2.24) is 0 Å². The zero-order valence-corrected chi connectivity index (χ0v) is 11.0. The van der Waals surface area contributed by atoms with Crippen LogP contribution in [0.5, 0.6) is 5.75 Å². The Morgan fingerprint density at radius 3 is 2.50 bits per heavy atom. The van der Waals surface area contributed by atoms with Gasteiger partial charge in [0, 0.05) is 4.90 Å². The van der Waals surface area contributed by atoms with E-state index in [1.807, 2.05) is 24.3 Å². The molecular weight excluding hydrogens is 255 g/mol. The van der Waals surface area contributed by atoms with Gasteiger partial charge in [0.05, 0.1) is 7.11 Å². The molecule has 14 heavy (non-hydrogen) atoms. The molecule has 0 amide bonds. The summed E-state index contributed by atoms with van der Waals surface area (Å²) < 4.78 is 5.06. The molecule has 0 N–H and O–H groups in total. The molecule has 1 aromatic carbocycles. The lowest BCUT2D eigenvalue weighted by atomic mass is 10.3. The first kappa shape index (κ1) is 12.2. The summed E-state index contributed by atoms with van der Waals surface area (Å²) in [6, 6.07) is 8.80. The number of alkyl halides is 2. The molecule has 0 aliphatic carbocycles. The molecule has 0 saturated heterocycles. The van der Waals surface area contributed by atoms with Crippen molar-refractivity contribution < 1.29 is 4.74 Å².